The molecular formula is C14H17N3O2. The van der Waals surface area contributed by atoms with Crippen LogP contribution in [0.5, 0.6) is 0 Å². The lowest BCUT2D eigenvalue weighted by molar-refractivity contribution is 0.0381. The smallest absolute Gasteiger partial charge is 0.126 e. The number of hydrogen-bond acceptors (Lipinski definition) is 5. The van der Waals surface area contributed by atoms with Crippen LogP contribution >= 0.6 is 0 Å². The second-order valence-corrected chi connectivity index (χ2v) is 5.03. The molecular weight excluding hydrogens is 242 g/mol. The standard InChI is InChI=1S/C14H17N3O2/c15-11-2-3-12-10(7-11)1-4-13(17-12)16-8-14(18)5-6-19-9-14/h1-4,7,18H,5-6,8-9,15H2,(H,16,17). The molecule has 2 heterocycles. The number of nitrogens with one attached hydrogen (secondary N) is 1. The molecule has 19 heavy (non-hydrogen) atoms. The summed E-state index contributed by atoms with van der Waals surface area (Å²) in [6.45, 7) is 1.44. The lowest BCUT2D eigenvalue weighted by Gasteiger charge is -2.21. The van der Waals surface area contributed by atoms with E-state index in [2.05, 4.69) is 10.3 Å². The molecule has 1 aromatic heterocycles. The average molecular weight is 259 g/mol. The van der Waals surface area contributed by atoms with Crippen LogP contribution in [0.15, 0.2) is 30.3 Å². The predicted octanol–water partition coefficient (Wildman–Crippen LogP) is 1.38. The fourth-order valence-corrected chi connectivity index (χ4v) is 2.23. The molecule has 0 radical (unpaired) electrons. The first kappa shape index (κ1) is 12.2. The maximum atomic E-state index is 10.2. The number of hydrogen-bond donors (Lipinski definition) is 3. The zero-order valence-electron chi connectivity index (χ0n) is 10.6. The summed E-state index contributed by atoms with van der Waals surface area (Å²) < 4.78 is 5.21. The van der Waals surface area contributed by atoms with Crippen molar-refractivity contribution in [2.75, 3.05) is 30.8 Å². The zero-order valence-corrected chi connectivity index (χ0v) is 10.6. The Morgan fingerprint density at radius 1 is 1.37 bits per heavy atom. The second-order valence-electron chi connectivity index (χ2n) is 5.03. The topological polar surface area (TPSA) is 80.4 Å². The highest BCUT2D eigenvalue weighted by Crippen LogP contribution is 2.21. The molecule has 2 aromatic rings. The number of aromatic nitrogens is 1. The summed E-state index contributed by atoms with van der Waals surface area (Å²) >= 11 is 0. The Bertz CT molecular complexity index is 594. The van der Waals surface area contributed by atoms with Crippen LogP contribution in [0.4, 0.5) is 11.5 Å². The molecule has 3 rings (SSSR count). The van der Waals surface area contributed by atoms with E-state index in [0.29, 0.717) is 26.2 Å². The van der Waals surface area contributed by atoms with Crippen molar-refractivity contribution in [2.45, 2.75) is 12.0 Å². The first-order valence-electron chi connectivity index (χ1n) is 6.35. The van der Waals surface area contributed by atoms with E-state index in [-0.39, 0.29) is 0 Å². The van der Waals surface area contributed by atoms with Crippen LogP contribution in [0.2, 0.25) is 0 Å². The Morgan fingerprint density at radius 3 is 3.05 bits per heavy atom. The summed E-state index contributed by atoms with van der Waals surface area (Å²) in [5.41, 5.74) is 6.56. The number of pyridine rings is 1. The van der Waals surface area contributed by atoms with Gasteiger partial charge in [-0.25, -0.2) is 4.98 Å². The van der Waals surface area contributed by atoms with Gasteiger partial charge in [-0.1, -0.05) is 0 Å². The lowest BCUT2D eigenvalue weighted by Crippen LogP contribution is -2.37. The van der Waals surface area contributed by atoms with E-state index in [9.17, 15) is 5.11 Å². The number of benzene rings is 1. The molecule has 100 valence electrons. The quantitative estimate of drug-likeness (QED) is 0.726. The van der Waals surface area contributed by atoms with Gasteiger partial charge in [0.05, 0.1) is 12.1 Å². The number of fused-ring (bicyclic) bond motifs is 1. The monoisotopic (exact) mass is 259 g/mol. The number of aliphatic hydroxyl groups is 1. The third-order valence-corrected chi connectivity index (χ3v) is 3.39. The molecule has 0 bridgehead atoms. The van der Waals surface area contributed by atoms with E-state index in [1.165, 1.54) is 0 Å². The molecule has 0 saturated carbocycles. The Hall–Kier alpha value is -1.85. The maximum Gasteiger partial charge on any atom is 0.126 e. The van der Waals surface area contributed by atoms with Crippen LogP contribution in [0.25, 0.3) is 10.9 Å². The van der Waals surface area contributed by atoms with Gasteiger partial charge in [0.1, 0.15) is 11.4 Å². The second kappa shape index (κ2) is 4.68. The largest absolute Gasteiger partial charge is 0.399 e. The van der Waals surface area contributed by atoms with Gasteiger partial charge in [-0.15, -0.1) is 0 Å². The number of rotatable bonds is 3. The number of nitrogens with zero attached hydrogens (tertiary/aromatic N) is 1. The molecule has 1 aromatic carbocycles. The summed E-state index contributed by atoms with van der Waals surface area (Å²) in [6.07, 6.45) is 0.657. The maximum absolute atomic E-state index is 10.2. The Balaban J connectivity index is 1.76. The molecule has 0 amide bonds. The predicted molar refractivity (Wildman–Crippen MR) is 75.0 cm³/mol. The van der Waals surface area contributed by atoms with Gasteiger partial charge in [0.25, 0.3) is 0 Å². The minimum Gasteiger partial charge on any atom is -0.399 e. The van der Waals surface area contributed by atoms with E-state index in [1.54, 1.807) is 0 Å². The van der Waals surface area contributed by atoms with Crippen molar-refractivity contribution in [3.8, 4) is 0 Å². The fraction of sp³-hybridized carbons (Fsp3) is 0.357. The number of anilines is 2. The summed E-state index contributed by atoms with van der Waals surface area (Å²) in [5.74, 6) is 0.748. The minimum atomic E-state index is -0.780. The molecule has 1 atom stereocenters. The van der Waals surface area contributed by atoms with E-state index in [1.807, 2.05) is 30.3 Å². The van der Waals surface area contributed by atoms with Crippen LogP contribution in [-0.4, -0.2) is 35.5 Å². The van der Waals surface area contributed by atoms with Gasteiger partial charge in [-0.2, -0.15) is 0 Å². The highest BCUT2D eigenvalue weighted by molar-refractivity contribution is 5.83. The molecule has 4 N–H and O–H groups in total. The van der Waals surface area contributed by atoms with Crippen LogP contribution < -0.4 is 11.1 Å². The third kappa shape index (κ3) is 2.62. The summed E-state index contributed by atoms with van der Waals surface area (Å²) in [6, 6.07) is 9.47. The normalized spacial score (nSPS) is 22.8. The van der Waals surface area contributed by atoms with Crippen molar-refractivity contribution < 1.29 is 9.84 Å². The van der Waals surface area contributed by atoms with Crippen molar-refractivity contribution >= 4 is 22.4 Å². The van der Waals surface area contributed by atoms with Crippen LogP contribution in [0.1, 0.15) is 6.42 Å². The van der Waals surface area contributed by atoms with Gasteiger partial charge in [0, 0.05) is 30.6 Å². The van der Waals surface area contributed by atoms with E-state index in [0.717, 1.165) is 22.4 Å². The van der Waals surface area contributed by atoms with Gasteiger partial charge in [-0.3, -0.25) is 0 Å². The fourth-order valence-electron chi connectivity index (χ4n) is 2.23. The number of ether oxygens (including phenoxy) is 1. The highest BCUT2D eigenvalue weighted by atomic mass is 16.5. The minimum absolute atomic E-state index is 0.379. The number of nitrogens with two attached hydrogens (primary N) is 1. The molecule has 0 spiro atoms. The van der Waals surface area contributed by atoms with Gasteiger partial charge in [-0.05, 0) is 30.3 Å². The van der Waals surface area contributed by atoms with Gasteiger partial charge in [0.2, 0.25) is 0 Å². The lowest BCUT2D eigenvalue weighted by atomic mass is 10.0. The Labute approximate surface area is 111 Å². The van der Waals surface area contributed by atoms with Crippen molar-refractivity contribution in [1.82, 2.24) is 4.98 Å². The van der Waals surface area contributed by atoms with E-state index < -0.39 is 5.60 Å². The van der Waals surface area contributed by atoms with Crippen molar-refractivity contribution in [3.05, 3.63) is 30.3 Å². The molecule has 1 aliphatic heterocycles. The summed E-state index contributed by atoms with van der Waals surface area (Å²) in [5, 5.41) is 14.3. The molecule has 5 nitrogen and oxygen atoms in total. The van der Waals surface area contributed by atoms with Crippen LogP contribution in [0, 0.1) is 0 Å². The average Bonchev–Trinajstić information content (AvgIpc) is 2.84. The molecule has 1 unspecified atom stereocenters. The van der Waals surface area contributed by atoms with Gasteiger partial charge >= 0.3 is 0 Å². The molecule has 5 heteroatoms. The molecule has 0 aliphatic carbocycles. The first-order chi connectivity index (χ1) is 9.15. The Morgan fingerprint density at radius 2 is 2.26 bits per heavy atom. The third-order valence-electron chi connectivity index (χ3n) is 3.39. The Kier molecular flexibility index (Phi) is 3.00. The molecule has 1 aliphatic rings. The van der Waals surface area contributed by atoms with Crippen molar-refractivity contribution in [2.24, 2.45) is 0 Å². The van der Waals surface area contributed by atoms with Crippen LogP contribution in [-0.2, 0) is 4.74 Å². The van der Waals surface area contributed by atoms with Crippen molar-refractivity contribution in [1.29, 1.82) is 0 Å². The summed E-state index contributed by atoms with van der Waals surface area (Å²) in [7, 11) is 0. The zero-order chi connectivity index (χ0) is 13.3. The summed E-state index contributed by atoms with van der Waals surface area (Å²) in [4.78, 5) is 4.49. The van der Waals surface area contributed by atoms with Crippen LogP contribution in [0.3, 0.4) is 0 Å². The first-order valence-corrected chi connectivity index (χ1v) is 6.35. The van der Waals surface area contributed by atoms with E-state index in [4.69, 9.17) is 10.5 Å². The number of nitrogen functional groups attached to an aromatic ring is 1. The molecule has 1 saturated heterocycles. The molecule has 1 fully saturated rings. The van der Waals surface area contributed by atoms with Gasteiger partial charge in [0.15, 0.2) is 0 Å². The highest BCUT2D eigenvalue weighted by Gasteiger charge is 2.31. The van der Waals surface area contributed by atoms with Crippen molar-refractivity contribution in [3.63, 3.8) is 0 Å². The van der Waals surface area contributed by atoms with E-state index >= 15 is 0 Å². The van der Waals surface area contributed by atoms with Gasteiger partial charge < -0.3 is 20.9 Å². The SMILES string of the molecule is Nc1ccc2nc(NCC3(O)CCOC3)ccc2c1.